The van der Waals surface area contributed by atoms with E-state index in [4.69, 9.17) is 11.6 Å². The van der Waals surface area contributed by atoms with Crippen molar-refractivity contribution in [1.82, 2.24) is 15.1 Å². The van der Waals surface area contributed by atoms with Crippen LogP contribution in [0.1, 0.15) is 31.7 Å². The van der Waals surface area contributed by atoms with Crippen LogP contribution >= 0.6 is 24.0 Å². The maximum absolute atomic E-state index is 12.4. The van der Waals surface area contributed by atoms with E-state index in [0.717, 1.165) is 24.5 Å². The minimum Gasteiger partial charge on any atom is -0.316 e. The Morgan fingerprint density at radius 1 is 1.38 bits per heavy atom. The van der Waals surface area contributed by atoms with Crippen LogP contribution in [0, 0.1) is 11.8 Å². The molecule has 5 nitrogen and oxygen atoms in total. The van der Waals surface area contributed by atoms with Crippen molar-refractivity contribution in [2.75, 3.05) is 18.4 Å². The molecule has 0 bridgehead atoms. The van der Waals surface area contributed by atoms with Crippen LogP contribution in [0.25, 0.3) is 0 Å². The minimum atomic E-state index is 0. The van der Waals surface area contributed by atoms with Crippen molar-refractivity contribution >= 4 is 35.7 Å². The lowest BCUT2D eigenvalue weighted by molar-refractivity contribution is -0.117. The number of amides is 1. The molecule has 0 spiro atoms. The Bertz CT molecular complexity index is 696. The Balaban J connectivity index is 0.00000243. The number of hydrogen-bond acceptors (Lipinski definition) is 3. The number of rotatable bonds is 6. The molecule has 1 aliphatic rings. The van der Waals surface area contributed by atoms with Crippen LogP contribution < -0.4 is 10.6 Å². The number of nitrogens with one attached hydrogen (secondary N) is 2. The van der Waals surface area contributed by atoms with Crippen LogP contribution in [0.2, 0.25) is 5.02 Å². The summed E-state index contributed by atoms with van der Waals surface area (Å²) in [6.07, 6.45) is 4.65. The summed E-state index contributed by atoms with van der Waals surface area (Å²) in [5, 5.41) is 11.5. The van der Waals surface area contributed by atoms with Gasteiger partial charge in [0.05, 0.1) is 12.7 Å². The van der Waals surface area contributed by atoms with Gasteiger partial charge in [-0.1, -0.05) is 30.7 Å². The molecule has 7 heteroatoms. The number of aromatic nitrogens is 2. The van der Waals surface area contributed by atoms with E-state index in [2.05, 4.69) is 22.7 Å². The van der Waals surface area contributed by atoms with Crippen molar-refractivity contribution in [3.63, 3.8) is 0 Å². The van der Waals surface area contributed by atoms with E-state index in [1.54, 1.807) is 10.9 Å². The van der Waals surface area contributed by atoms with Crippen LogP contribution in [-0.2, 0) is 11.3 Å². The monoisotopic (exact) mass is 396 g/mol. The molecule has 1 saturated heterocycles. The number of hydrogen-bond donors (Lipinski definition) is 2. The summed E-state index contributed by atoms with van der Waals surface area (Å²) in [5.74, 6) is 1.74. The molecular weight excluding hydrogens is 371 g/mol. The van der Waals surface area contributed by atoms with Gasteiger partial charge in [0, 0.05) is 17.5 Å². The highest BCUT2D eigenvalue weighted by Gasteiger charge is 2.22. The summed E-state index contributed by atoms with van der Waals surface area (Å²) in [4.78, 5) is 12.4. The highest BCUT2D eigenvalue weighted by molar-refractivity contribution is 6.30. The largest absolute Gasteiger partial charge is 0.316 e. The Labute approximate surface area is 165 Å². The van der Waals surface area contributed by atoms with Gasteiger partial charge in [-0.25, -0.2) is 4.68 Å². The first-order valence-corrected chi connectivity index (χ1v) is 9.26. The molecule has 2 N–H and O–H groups in total. The lowest BCUT2D eigenvalue weighted by Gasteiger charge is -2.28. The van der Waals surface area contributed by atoms with E-state index in [9.17, 15) is 4.79 Å². The number of benzene rings is 1. The zero-order valence-corrected chi connectivity index (χ0v) is 16.5. The molecule has 1 amide bonds. The van der Waals surface area contributed by atoms with Gasteiger partial charge in [-0.05, 0) is 55.5 Å². The van der Waals surface area contributed by atoms with Crippen LogP contribution in [-0.4, -0.2) is 28.8 Å². The molecule has 1 fully saturated rings. The Hall–Kier alpha value is -1.56. The Morgan fingerprint density at radius 2 is 2.15 bits per heavy atom. The van der Waals surface area contributed by atoms with Gasteiger partial charge in [0.15, 0.2) is 0 Å². The number of anilines is 1. The van der Waals surface area contributed by atoms with E-state index in [1.807, 2.05) is 30.3 Å². The third kappa shape index (κ3) is 5.73. The SMILES string of the molecule is CC(CC(=O)Nc1ccnn1Cc1ccc(Cl)cc1)C1CCCNC1.Cl. The number of piperidine rings is 1. The smallest absolute Gasteiger partial charge is 0.225 e. The van der Waals surface area contributed by atoms with Crippen LogP contribution in [0.3, 0.4) is 0 Å². The Morgan fingerprint density at radius 3 is 2.85 bits per heavy atom. The molecule has 2 aromatic rings. The van der Waals surface area contributed by atoms with Gasteiger partial charge >= 0.3 is 0 Å². The second-order valence-corrected chi connectivity index (χ2v) is 7.27. The predicted octanol–water partition coefficient (Wildman–Crippen LogP) is 3.97. The van der Waals surface area contributed by atoms with E-state index in [-0.39, 0.29) is 18.3 Å². The summed E-state index contributed by atoms with van der Waals surface area (Å²) in [7, 11) is 0. The van der Waals surface area contributed by atoms with Gasteiger partial charge in [-0.3, -0.25) is 4.79 Å². The van der Waals surface area contributed by atoms with E-state index in [1.165, 1.54) is 12.8 Å². The summed E-state index contributed by atoms with van der Waals surface area (Å²) in [6, 6.07) is 9.49. The highest BCUT2D eigenvalue weighted by atomic mass is 35.5. The van der Waals surface area contributed by atoms with E-state index >= 15 is 0 Å². The first kappa shape index (κ1) is 20.7. The van der Waals surface area contributed by atoms with Gasteiger partial charge in [0.25, 0.3) is 0 Å². The number of halogens is 2. The molecule has 1 aromatic heterocycles. The standard InChI is InChI=1S/C19H25ClN4O.ClH/c1-14(16-3-2-9-21-12-16)11-19(25)23-18-8-10-22-24(18)13-15-4-6-17(20)7-5-15;/h4-8,10,14,16,21H,2-3,9,11-13H2,1H3,(H,23,25);1H. The second-order valence-electron chi connectivity index (χ2n) is 6.84. The summed E-state index contributed by atoms with van der Waals surface area (Å²) in [5.41, 5.74) is 1.09. The first-order chi connectivity index (χ1) is 12.1. The third-order valence-corrected chi connectivity index (χ3v) is 5.13. The summed E-state index contributed by atoms with van der Waals surface area (Å²) >= 11 is 5.92. The number of nitrogens with zero attached hydrogens (tertiary/aromatic N) is 2. The van der Waals surface area contributed by atoms with Crippen molar-refractivity contribution in [2.45, 2.75) is 32.7 Å². The molecule has 2 unspecified atom stereocenters. The molecule has 0 radical (unpaired) electrons. The number of carbonyl (C=O) groups is 1. The highest BCUT2D eigenvalue weighted by Crippen LogP contribution is 2.23. The van der Waals surface area contributed by atoms with Crippen molar-refractivity contribution in [1.29, 1.82) is 0 Å². The third-order valence-electron chi connectivity index (χ3n) is 4.88. The summed E-state index contributed by atoms with van der Waals surface area (Å²) in [6.45, 7) is 4.88. The molecular formula is C19H26Cl2N4O. The zero-order chi connectivity index (χ0) is 17.6. The molecule has 0 saturated carbocycles. The van der Waals surface area contributed by atoms with E-state index < -0.39 is 0 Å². The lowest BCUT2D eigenvalue weighted by atomic mass is 9.85. The van der Waals surface area contributed by atoms with Crippen molar-refractivity contribution in [3.8, 4) is 0 Å². The van der Waals surface area contributed by atoms with Crippen molar-refractivity contribution in [2.24, 2.45) is 11.8 Å². The van der Waals surface area contributed by atoms with Crippen LogP contribution in [0.5, 0.6) is 0 Å². The Kier molecular flexibility index (Phi) is 7.94. The molecule has 1 aliphatic heterocycles. The molecule has 3 rings (SSSR count). The average molecular weight is 397 g/mol. The normalized spacial score (nSPS) is 18.0. The maximum Gasteiger partial charge on any atom is 0.225 e. The molecule has 0 aliphatic carbocycles. The van der Waals surface area contributed by atoms with Gasteiger partial charge in [0.2, 0.25) is 5.91 Å². The molecule has 26 heavy (non-hydrogen) atoms. The molecule has 1 aromatic carbocycles. The molecule has 142 valence electrons. The quantitative estimate of drug-likeness (QED) is 0.776. The minimum absolute atomic E-state index is 0. The molecule has 2 heterocycles. The fraction of sp³-hybridized carbons (Fsp3) is 0.474. The summed E-state index contributed by atoms with van der Waals surface area (Å²) < 4.78 is 1.80. The lowest BCUT2D eigenvalue weighted by Crippen LogP contribution is -2.34. The van der Waals surface area contributed by atoms with Crippen LogP contribution in [0.4, 0.5) is 5.82 Å². The zero-order valence-electron chi connectivity index (χ0n) is 15.0. The average Bonchev–Trinajstić information content (AvgIpc) is 3.04. The van der Waals surface area contributed by atoms with Gasteiger partial charge in [0.1, 0.15) is 5.82 Å². The maximum atomic E-state index is 12.4. The second kappa shape index (κ2) is 9.95. The van der Waals surface area contributed by atoms with Gasteiger partial charge in [-0.2, -0.15) is 5.10 Å². The first-order valence-electron chi connectivity index (χ1n) is 8.88. The van der Waals surface area contributed by atoms with Gasteiger partial charge < -0.3 is 10.6 Å². The topological polar surface area (TPSA) is 59.0 Å². The van der Waals surface area contributed by atoms with Crippen molar-refractivity contribution in [3.05, 3.63) is 47.1 Å². The fourth-order valence-corrected chi connectivity index (χ4v) is 3.47. The van der Waals surface area contributed by atoms with Crippen molar-refractivity contribution < 1.29 is 4.79 Å². The van der Waals surface area contributed by atoms with Gasteiger partial charge in [-0.15, -0.1) is 12.4 Å². The van der Waals surface area contributed by atoms with E-state index in [0.29, 0.717) is 29.8 Å². The van der Waals surface area contributed by atoms with Crippen LogP contribution in [0.15, 0.2) is 36.5 Å². The fourth-order valence-electron chi connectivity index (χ4n) is 3.35. The molecule has 2 atom stereocenters. The predicted molar refractivity (Wildman–Crippen MR) is 108 cm³/mol. The number of carbonyl (C=O) groups excluding carboxylic acids is 1.